The first-order valence-electron chi connectivity index (χ1n) is 3.76. The number of halogens is 1. The minimum atomic E-state index is 0.799. The largest absolute Gasteiger partial charge is 0.265 e. The van der Waals surface area contributed by atoms with Gasteiger partial charge in [-0.2, -0.15) is 20.5 Å². The second-order valence-corrected chi connectivity index (χ2v) is 3.55. The highest BCUT2D eigenvalue weighted by Crippen LogP contribution is 2.21. The molecule has 0 spiro atoms. The number of rotatable bonds is 1. The normalized spacial score (nSPS) is 10.7. The number of hydrogen-bond donors (Lipinski definition) is 1. The highest BCUT2D eigenvalue weighted by atomic mass is 79.9. The summed E-state index contributed by atoms with van der Waals surface area (Å²) >= 11 is 3.30. The highest BCUT2D eigenvalue weighted by molar-refractivity contribution is 9.10. The van der Waals surface area contributed by atoms with Crippen molar-refractivity contribution in [1.29, 1.82) is 0 Å². The first-order chi connectivity index (χ1) is 6.18. The molecule has 0 aliphatic rings. The van der Waals surface area contributed by atoms with Gasteiger partial charge >= 0.3 is 0 Å². The zero-order valence-corrected chi connectivity index (χ0v) is 8.83. The van der Waals surface area contributed by atoms with Crippen LogP contribution in [0.1, 0.15) is 5.69 Å². The quantitative estimate of drug-likeness (QED) is 0.819. The Labute approximate surface area is 83.3 Å². The molecule has 0 atom stereocenters. The predicted molar refractivity (Wildman–Crippen MR) is 51.0 cm³/mol. The van der Waals surface area contributed by atoms with Crippen LogP contribution in [-0.2, 0) is 7.05 Å². The molecule has 0 saturated heterocycles. The Morgan fingerprint density at radius 1 is 1.46 bits per heavy atom. The molecular weight excluding hydrogens is 234 g/mol. The van der Waals surface area contributed by atoms with Crippen molar-refractivity contribution in [3.8, 4) is 11.4 Å². The number of H-pyrrole nitrogens is 1. The Balaban J connectivity index is 2.58. The minimum absolute atomic E-state index is 0.799. The first-order valence-corrected chi connectivity index (χ1v) is 4.55. The monoisotopic (exact) mass is 241 g/mol. The SMILES string of the molecule is Cc1n[nH]nc1-c1cc(Br)nn1C. The second kappa shape index (κ2) is 2.95. The lowest BCUT2D eigenvalue weighted by atomic mass is 10.2. The van der Waals surface area contributed by atoms with Gasteiger partial charge in [0, 0.05) is 13.1 Å². The topological polar surface area (TPSA) is 59.4 Å². The molecule has 0 aromatic carbocycles. The zero-order chi connectivity index (χ0) is 9.42. The molecule has 0 fully saturated rings. The molecule has 2 rings (SSSR count). The Bertz CT molecular complexity index is 430. The summed E-state index contributed by atoms with van der Waals surface area (Å²) in [6.45, 7) is 1.90. The van der Waals surface area contributed by atoms with Gasteiger partial charge in [0.05, 0.1) is 11.4 Å². The molecule has 0 unspecified atom stereocenters. The van der Waals surface area contributed by atoms with E-state index in [1.54, 1.807) is 4.68 Å². The van der Waals surface area contributed by atoms with Gasteiger partial charge in [-0.15, -0.1) is 0 Å². The standard InChI is InChI=1S/C7H8BrN5/c1-4-7(10-12-9-4)5-3-6(8)11-13(5)2/h3H,1-2H3,(H,9,10,12). The van der Waals surface area contributed by atoms with E-state index in [-0.39, 0.29) is 0 Å². The van der Waals surface area contributed by atoms with Crippen molar-refractivity contribution in [1.82, 2.24) is 25.2 Å². The van der Waals surface area contributed by atoms with Crippen LogP contribution in [0.4, 0.5) is 0 Å². The van der Waals surface area contributed by atoms with Crippen LogP contribution in [0.25, 0.3) is 11.4 Å². The van der Waals surface area contributed by atoms with E-state index < -0.39 is 0 Å². The lowest BCUT2D eigenvalue weighted by molar-refractivity contribution is 0.765. The molecule has 0 saturated carbocycles. The lowest BCUT2D eigenvalue weighted by Gasteiger charge is -1.95. The third-order valence-corrected chi connectivity index (χ3v) is 2.20. The Hall–Kier alpha value is -1.17. The zero-order valence-electron chi connectivity index (χ0n) is 7.24. The van der Waals surface area contributed by atoms with E-state index >= 15 is 0 Å². The number of nitrogens with zero attached hydrogens (tertiary/aromatic N) is 4. The maximum Gasteiger partial charge on any atom is 0.133 e. The maximum atomic E-state index is 4.16. The molecule has 0 amide bonds. The summed E-state index contributed by atoms with van der Waals surface area (Å²) in [7, 11) is 1.87. The van der Waals surface area contributed by atoms with Crippen molar-refractivity contribution in [2.24, 2.45) is 7.05 Å². The van der Waals surface area contributed by atoms with Gasteiger partial charge in [-0.05, 0) is 22.9 Å². The fraction of sp³-hybridized carbons (Fsp3) is 0.286. The predicted octanol–water partition coefficient (Wildman–Crippen LogP) is 1.28. The summed E-state index contributed by atoms with van der Waals surface area (Å²) in [5.41, 5.74) is 2.65. The summed E-state index contributed by atoms with van der Waals surface area (Å²) in [6.07, 6.45) is 0. The van der Waals surface area contributed by atoms with Crippen LogP contribution in [0.3, 0.4) is 0 Å². The van der Waals surface area contributed by atoms with Gasteiger partial charge in [-0.1, -0.05) is 0 Å². The molecule has 2 aromatic heterocycles. The van der Waals surface area contributed by atoms with Crippen LogP contribution in [-0.4, -0.2) is 25.2 Å². The smallest absolute Gasteiger partial charge is 0.133 e. The van der Waals surface area contributed by atoms with Crippen LogP contribution in [0, 0.1) is 6.92 Å². The number of nitrogens with one attached hydrogen (secondary N) is 1. The van der Waals surface area contributed by atoms with Crippen molar-refractivity contribution in [3.05, 3.63) is 16.4 Å². The maximum absolute atomic E-state index is 4.16. The number of aromatic amines is 1. The Kier molecular flexibility index (Phi) is 1.91. The van der Waals surface area contributed by atoms with Gasteiger partial charge in [0.2, 0.25) is 0 Å². The van der Waals surface area contributed by atoms with Gasteiger partial charge < -0.3 is 0 Å². The van der Waals surface area contributed by atoms with Crippen LogP contribution >= 0.6 is 15.9 Å². The summed E-state index contributed by atoms with van der Waals surface area (Å²) in [5, 5.41) is 14.7. The summed E-state index contributed by atoms with van der Waals surface area (Å²) < 4.78 is 2.56. The first kappa shape index (κ1) is 8.43. The molecule has 68 valence electrons. The van der Waals surface area contributed by atoms with Crippen LogP contribution in [0.5, 0.6) is 0 Å². The van der Waals surface area contributed by atoms with Crippen LogP contribution in [0.2, 0.25) is 0 Å². The van der Waals surface area contributed by atoms with Crippen LogP contribution < -0.4 is 0 Å². The third-order valence-electron chi connectivity index (χ3n) is 1.81. The molecule has 0 radical (unpaired) electrons. The van der Waals surface area contributed by atoms with E-state index in [1.807, 2.05) is 20.0 Å². The van der Waals surface area contributed by atoms with E-state index in [0.29, 0.717) is 0 Å². The Morgan fingerprint density at radius 3 is 2.69 bits per heavy atom. The molecule has 2 heterocycles. The van der Waals surface area contributed by atoms with Gasteiger partial charge in [0.15, 0.2) is 0 Å². The van der Waals surface area contributed by atoms with Crippen molar-refractivity contribution < 1.29 is 0 Å². The molecule has 6 heteroatoms. The fourth-order valence-corrected chi connectivity index (χ4v) is 1.64. The summed E-state index contributed by atoms with van der Waals surface area (Å²) in [6, 6.07) is 1.91. The second-order valence-electron chi connectivity index (χ2n) is 2.73. The highest BCUT2D eigenvalue weighted by Gasteiger charge is 2.11. The molecule has 1 N–H and O–H groups in total. The van der Waals surface area contributed by atoms with Crippen molar-refractivity contribution >= 4 is 15.9 Å². The molecule has 0 aliphatic carbocycles. The molecule has 0 aliphatic heterocycles. The summed E-state index contributed by atoms with van der Waals surface area (Å²) in [4.78, 5) is 0. The van der Waals surface area contributed by atoms with E-state index in [4.69, 9.17) is 0 Å². The van der Waals surface area contributed by atoms with Crippen molar-refractivity contribution in [2.45, 2.75) is 6.92 Å². The van der Waals surface area contributed by atoms with E-state index in [9.17, 15) is 0 Å². The van der Waals surface area contributed by atoms with Crippen molar-refractivity contribution in [3.63, 3.8) is 0 Å². The average molecular weight is 242 g/mol. The number of aryl methyl sites for hydroxylation is 2. The molecular formula is C7H8BrN5. The molecule has 13 heavy (non-hydrogen) atoms. The van der Waals surface area contributed by atoms with Gasteiger partial charge in [0.1, 0.15) is 10.3 Å². The Morgan fingerprint density at radius 2 is 2.23 bits per heavy atom. The van der Waals surface area contributed by atoms with Gasteiger partial charge in [0.25, 0.3) is 0 Å². The minimum Gasteiger partial charge on any atom is -0.265 e. The van der Waals surface area contributed by atoms with Gasteiger partial charge in [-0.3, -0.25) is 4.68 Å². The van der Waals surface area contributed by atoms with E-state index in [2.05, 4.69) is 36.4 Å². The lowest BCUT2D eigenvalue weighted by Crippen LogP contribution is -1.94. The van der Waals surface area contributed by atoms with Gasteiger partial charge in [-0.25, -0.2) is 0 Å². The fourth-order valence-electron chi connectivity index (χ4n) is 1.18. The van der Waals surface area contributed by atoms with E-state index in [0.717, 1.165) is 21.7 Å². The third kappa shape index (κ3) is 1.37. The molecule has 2 aromatic rings. The number of aromatic nitrogens is 5. The van der Waals surface area contributed by atoms with Crippen LogP contribution in [0.15, 0.2) is 10.7 Å². The number of hydrogen-bond acceptors (Lipinski definition) is 3. The average Bonchev–Trinajstić information content (AvgIpc) is 2.58. The summed E-state index contributed by atoms with van der Waals surface area (Å²) in [5.74, 6) is 0. The molecule has 0 bridgehead atoms. The van der Waals surface area contributed by atoms with Crippen molar-refractivity contribution in [2.75, 3.05) is 0 Å². The van der Waals surface area contributed by atoms with E-state index in [1.165, 1.54) is 0 Å². The molecule has 5 nitrogen and oxygen atoms in total.